The number of anilines is 2. The zero-order valence-corrected chi connectivity index (χ0v) is 28.6. The van der Waals surface area contributed by atoms with Gasteiger partial charge in [0.25, 0.3) is 0 Å². The predicted molar refractivity (Wildman–Crippen MR) is 154 cm³/mol. The number of unbranched alkanes of at least 4 members (excludes halogenated alkanes) is 1. The summed E-state index contributed by atoms with van der Waals surface area (Å²) in [5, 5.41) is 26.9. The second kappa shape index (κ2) is 17.9. The van der Waals surface area contributed by atoms with E-state index in [9.17, 15) is 15.2 Å². The van der Waals surface area contributed by atoms with Crippen LogP contribution in [0.5, 0.6) is 0 Å². The van der Waals surface area contributed by atoms with E-state index in [0.717, 1.165) is 56.3 Å². The van der Waals surface area contributed by atoms with Crippen LogP contribution in [0.1, 0.15) is 83.0 Å². The summed E-state index contributed by atoms with van der Waals surface area (Å²) in [7, 11) is 0. The van der Waals surface area contributed by atoms with Gasteiger partial charge in [0.1, 0.15) is 5.60 Å². The molecule has 0 radical (unpaired) electrons. The minimum absolute atomic E-state index is 0. The van der Waals surface area contributed by atoms with E-state index in [1.165, 1.54) is 24.2 Å². The van der Waals surface area contributed by atoms with Crippen LogP contribution in [0.15, 0.2) is 42.9 Å². The minimum atomic E-state index is -1.08. The van der Waals surface area contributed by atoms with Crippen molar-refractivity contribution in [3.63, 3.8) is 0 Å². The Morgan fingerprint density at radius 3 is 2.40 bits per heavy atom. The summed E-state index contributed by atoms with van der Waals surface area (Å²) in [5.74, 6) is 1.26. The van der Waals surface area contributed by atoms with Crippen molar-refractivity contribution in [2.45, 2.75) is 78.7 Å². The van der Waals surface area contributed by atoms with Crippen LogP contribution < -0.4 is 9.80 Å². The van der Waals surface area contributed by atoms with Crippen molar-refractivity contribution in [1.82, 2.24) is 9.97 Å². The van der Waals surface area contributed by atoms with Gasteiger partial charge < -0.3 is 24.7 Å². The molecule has 1 fully saturated rings. The van der Waals surface area contributed by atoms with Crippen LogP contribution in [0.4, 0.5) is 11.5 Å². The Kier molecular flexibility index (Phi) is 15.8. The number of hydrogen-bond acceptors (Lipinski definition) is 7. The third-order valence-corrected chi connectivity index (χ3v) is 6.83. The Morgan fingerprint density at radius 1 is 1.18 bits per heavy atom. The van der Waals surface area contributed by atoms with E-state index in [0.29, 0.717) is 35.5 Å². The number of nitriles is 2. The summed E-state index contributed by atoms with van der Waals surface area (Å²) in [6.07, 6.45) is 15.8. The van der Waals surface area contributed by atoms with Gasteiger partial charge in [-0.3, -0.25) is 4.98 Å². The molecule has 8 nitrogen and oxygen atoms in total. The molecule has 212 valence electrons. The number of amides is 1. The Labute approximate surface area is 263 Å². The van der Waals surface area contributed by atoms with E-state index in [-0.39, 0.29) is 31.1 Å². The number of aryl methyl sites for hydroxylation is 1. The molecule has 0 saturated heterocycles. The largest absolute Gasteiger partial charge is 0.461 e. The number of aliphatic hydroxyl groups is 1. The number of carbonyl (C=O) groups excluding carboxylic acids is 1. The van der Waals surface area contributed by atoms with E-state index in [4.69, 9.17) is 5.26 Å². The minimum Gasteiger partial charge on any atom is -0.461 e. The van der Waals surface area contributed by atoms with Gasteiger partial charge in [0.15, 0.2) is 0 Å². The van der Waals surface area contributed by atoms with Crippen molar-refractivity contribution in [3.05, 3.63) is 59.7 Å². The van der Waals surface area contributed by atoms with Crippen LogP contribution in [0.3, 0.4) is 0 Å². The van der Waals surface area contributed by atoms with E-state index >= 15 is 0 Å². The van der Waals surface area contributed by atoms with Gasteiger partial charge in [0.2, 0.25) is 0 Å². The topological polar surface area (TPSA) is 117 Å². The van der Waals surface area contributed by atoms with Gasteiger partial charge in [-0.05, 0) is 88.7 Å². The molecule has 1 aromatic carbocycles. The summed E-state index contributed by atoms with van der Waals surface area (Å²) < 4.78 is 0. The first-order chi connectivity index (χ1) is 18.7. The van der Waals surface area contributed by atoms with Gasteiger partial charge in [-0.2, -0.15) is 10.5 Å². The smallest absolute Gasteiger partial charge is 0.102 e. The molecule has 2 unspecified atom stereocenters. The summed E-state index contributed by atoms with van der Waals surface area (Å²) in [4.78, 5) is 24.2. The fraction of sp³-hybridized carbons (Fsp3) is 0.516. The monoisotopic (exact) mass is 767 g/mol. The molecule has 1 aliphatic rings. The molecule has 0 bridgehead atoms. The van der Waals surface area contributed by atoms with Gasteiger partial charge in [-0.25, -0.2) is 0 Å². The van der Waals surface area contributed by atoms with Gasteiger partial charge in [0.05, 0.1) is 29.8 Å². The molecule has 1 amide bonds. The summed E-state index contributed by atoms with van der Waals surface area (Å²) in [6, 6.07) is 9.87. The van der Waals surface area contributed by atoms with Gasteiger partial charge in [-0.15, -0.1) is 0 Å². The molecular formula is C31H41N6O2U-. The summed E-state index contributed by atoms with van der Waals surface area (Å²) in [6.45, 7) is 10.4. The molecule has 0 spiro atoms. The molecule has 1 heterocycles. The molecule has 1 saturated carbocycles. The molecule has 2 aromatic rings. The van der Waals surface area contributed by atoms with Crippen molar-refractivity contribution in [2.24, 2.45) is 11.8 Å². The maximum absolute atomic E-state index is 11.8. The number of hydrogen-bond donors (Lipinski definition) is 1. The number of benzene rings is 1. The molecule has 3 rings (SSSR count). The Bertz CT molecular complexity index is 1160. The van der Waals surface area contributed by atoms with Crippen LogP contribution in [0.2, 0.25) is 0 Å². The van der Waals surface area contributed by atoms with E-state index in [2.05, 4.69) is 47.1 Å². The van der Waals surface area contributed by atoms with E-state index < -0.39 is 5.60 Å². The first-order valence-corrected chi connectivity index (χ1v) is 13.6. The molecule has 9 heteroatoms. The van der Waals surface area contributed by atoms with Gasteiger partial charge >= 0.3 is 0 Å². The second-order valence-electron chi connectivity index (χ2n) is 10.6. The zero-order valence-electron chi connectivity index (χ0n) is 24.4. The number of rotatable bonds is 11. The molecular weight excluding hydrogens is 726 g/mol. The van der Waals surface area contributed by atoms with Crippen LogP contribution in [0.25, 0.3) is 0 Å². The molecule has 2 atom stereocenters. The van der Waals surface area contributed by atoms with Crippen molar-refractivity contribution in [1.29, 1.82) is 10.5 Å². The zero-order chi connectivity index (χ0) is 28.8. The van der Waals surface area contributed by atoms with Crippen LogP contribution in [0, 0.1) is 72.5 Å². The van der Waals surface area contributed by atoms with Crippen molar-refractivity contribution < 1.29 is 41.0 Å². The molecule has 1 aliphatic carbocycles. The predicted octanol–water partition coefficient (Wildman–Crippen LogP) is 5.91. The third-order valence-electron chi connectivity index (χ3n) is 6.83. The normalized spacial score (nSPS) is 16.5. The molecule has 40 heavy (non-hydrogen) atoms. The maximum atomic E-state index is 11.8. The number of allylic oxidation sites excluding steroid dienone is 1. The van der Waals surface area contributed by atoms with Crippen molar-refractivity contribution >= 4 is 17.9 Å². The molecule has 1 N–H and O–H groups in total. The van der Waals surface area contributed by atoms with E-state index in [1.54, 1.807) is 19.9 Å². The Morgan fingerprint density at radius 2 is 1.85 bits per heavy atom. The molecule has 1 aromatic heterocycles. The summed E-state index contributed by atoms with van der Waals surface area (Å²) in [5.41, 5.74) is 2.27. The standard InChI is InChI=1S/C29H38N5O2.C2H3N.U/c1-5-6-7-13-33(26-15-23(16-30)12-11-22(26)2)19-24-9-8-10-25(14-24)20-34(21-35)28-18-31-27(17-32-28)29(3,4)36;1-2-3;/h7,11-13,15,17-18,24-25,36H,5-6,8-10,14,19-20H2,1-4H3;1H3;/q-1;;/b13-7+;;. The fourth-order valence-corrected chi connectivity index (χ4v) is 4.82. The SMILES string of the molecule is CC#N.CCC/C=C/N(CC1CCCC(CN([C-]=O)c2cnc(C(C)(C)O)cn2)C1)c1cc(C#N)ccc1C.[U]. The quantitative estimate of drug-likeness (QED) is 0.223. The Hall–Kier alpha value is -2.70. The third kappa shape index (κ3) is 11.1. The van der Waals surface area contributed by atoms with Crippen molar-refractivity contribution in [2.75, 3.05) is 22.9 Å². The maximum Gasteiger partial charge on any atom is 0.102 e. The average molecular weight is 768 g/mol. The summed E-state index contributed by atoms with van der Waals surface area (Å²) >= 11 is 0. The number of nitrogens with zero attached hydrogens (tertiary/aromatic N) is 6. The van der Waals surface area contributed by atoms with Gasteiger partial charge in [0, 0.05) is 68.5 Å². The van der Waals surface area contributed by atoms with Crippen LogP contribution in [-0.2, 0) is 10.4 Å². The molecule has 0 aliphatic heterocycles. The number of aromatic nitrogens is 2. The van der Waals surface area contributed by atoms with E-state index in [1.807, 2.05) is 24.6 Å². The van der Waals surface area contributed by atoms with Crippen LogP contribution >= 0.6 is 0 Å². The second-order valence-corrected chi connectivity index (χ2v) is 10.6. The Balaban J connectivity index is 0.00000191. The van der Waals surface area contributed by atoms with Gasteiger partial charge in [-0.1, -0.05) is 31.9 Å². The van der Waals surface area contributed by atoms with Crippen LogP contribution in [-0.4, -0.2) is 34.6 Å². The first kappa shape index (κ1) is 35.3. The van der Waals surface area contributed by atoms with Crippen molar-refractivity contribution in [3.8, 4) is 12.1 Å². The average Bonchev–Trinajstić information content (AvgIpc) is 2.92. The fourth-order valence-electron chi connectivity index (χ4n) is 4.82. The first-order valence-electron chi connectivity index (χ1n) is 13.6.